The van der Waals surface area contributed by atoms with Gasteiger partial charge in [-0.2, -0.15) is 18.3 Å². The first-order valence-electron chi connectivity index (χ1n) is 5.53. The average Bonchev–Trinajstić information content (AvgIpc) is 2.41. The van der Waals surface area contributed by atoms with E-state index in [1.165, 1.54) is 6.07 Å². The molecule has 0 saturated heterocycles. The molecule has 0 bridgehead atoms. The number of benzene rings is 1. The molecular formula is C13H9F3IN3. The summed E-state index contributed by atoms with van der Waals surface area (Å²) in [4.78, 5) is 3.64. The van der Waals surface area contributed by atoms with Gasteiger partial charge in [-0.1, -0.05) is 12.1 Å². The third-order valence-corrected chi connectivity index (χ3v) is 3.07. The molecule has 3 nitrogen and oxygen atoms in total. The molecule has 0 atom stereocenters. The number of rotatable bonds is 3. The Kier molecular flexibility index (Phi) is 4.58. The molecular weight excluding hydrogens is 382 g/mol. The Morgan fingerprint density at radius 2 is 1.80 bits per heavy atom. The first kappa shape index (κ1) is 14.8. The van der Waals surface area contributed by atoms with Gasteiger partial charge < -0.3 is 0 Å². The van der Waals surface area contributed by atoms with Gasteiger partial charge in [0.05, 0.1) is 11.8 Å². The van der Waals surface area contributed by atoms with Gasteiger partial charge in [-0.15, -0.1) is 0 Å². The van der Waals surface area contributed by atoms with Gasteiger partial charge in [0.25, 0.3) is 0 Å². The molecule has 20 heavy (non-hydrogen) atoms. The number of alkyl halides is 3. The van der Waals surface area contributed by atoms with Gasteiger partial charge >= 0.3 is 6.18 Å². The molecule has 1 aromatic heterocycles. The van der Waals surface area contributed by atoms with Gasteiger partial charge in [-0.25, -0.2) is 4.98 Å². The maximum absolute atomic E-state index is 12.3. The largest absolute Gasteiger partial charge is 0.417 e. The van der Waals surface area contributed by atoms with Crippen LogP contribution in [0.1, 0.15) is 11.1 Å². The van der Waals surface area contributed by atoms with Crippen molar-refractivity contribution >= 4 is 34.6 Å². The monoisotopic (exact) mass is 391 g/mol. The van der Waals surface area contributed by atoms with E-state index in [4.69, 9.17) is 0 Å². The molecule has 0 saturated carbocycles. The number of aromatic nitrogens is 1. The third-order valence-electron chi connectivity index (χ3n) is 2.35. The molecule has 7 heteroatoms. The van der Waals surface area contributed by atoms with E-state index in [-0.39, 0.29) is 5.82 Å². The summed E-state index contributed by atoms with van der Waals surface area (Å²) < 4.78 is 38.1. The highest BCUT2D eigenvalue weighted by Crippen LogP contribution is 2.28. The summed E-state index contributed by atoms with van der Waals surface area (Å²) >= 11 is 2.19. The van der Waals surface area contributed by atoms with Gasteiger partial charge in [-0.3, -0.25) is 5.43 Å². The minimum absolute atomic E-state index is 0.250. The number of hydrogen-bond donors (Lipinski definition) is 1. The zero-order chi connectivity index (χ0) is 14.6. The van der Waals surface area contributed by atoms with Gasteiger partial charge in [0.15, 0.2) is 0 Å². The molecule has 2 aromatic rings. The average molecular weight is 391 g/mol. The Labute approximate surface area is 127 Å². The van der Waals surface area contributed by atoms with Crippen LogP contribution in [0.3, 0.4) is 0 Å². The van der Waals surface area contributed by atoms with Crippen LogP contribution >= 0.6 is 22.6 Å². The van der Waals surface area contributed by atoms with Crippen LogP contribution in [0.15, 0.2) is 47.7 Å². The van der Waals surface area contributed by atoms with E-state index in [1.54, 1.807) is 6.21 Å². The Morgan fingerprint density at radius 3 is 2.35 bits per heavy atom. The first-order valence-corrected chi connectivity index (χ1v) is 6.61. The van der Waals surface area contributed by atoms with Crippen LogP contribution in [0.2, 0.25) is 0 Å². The van der Waals surface area contributed by atoms with Crippen LogP contribution in [0, 0.1) is 3.57 Å². The van der Waals surface area contributed by atoms with Crippen LogP contribution in [0.5, 0.6) is 0 Å². The summed E-state index contributed by atoms with van der Waals surface area (Å²) in [6, 6.07) is 9.81. The summed E-state index contributed by atoms with van der Waals surface area (Å²) in [6.45, 7) is 0. The van der Waals surface area contributed by atoms with Crippen LogP contribution in [0.25, 0.3) is 0 Å². The Morgan fingerprint density at radius 1 is 1.10 bits per heavy atom. The predicted molar refractivity (Wildman–Crippen MR) is 79.6 cm³/mol. The van der Waals surface area contributed by atoms with Crippen molar-refractivity contribution in [2.24, 2.45) is 5.10 Å². The molecule has 0 aliphatic rings. The number of anilines is 1. The summed E-state index contributed by atoms with van der Waals surface area (Å²) in [7, 11) is 0. The highest BCUT2D eigenvalue weighted by Gasteiger charge is 2.30. The number of pyridine rings is 1. The smallest absolute Gasteiger partial charge is 0.261 e. The Bertz CT molecular complexity index is 592. The van der Waals surface area contributed by atoms with E-state index in [0.29, 0.717) is 0 Å². The number of nitrogens with one attached hydrogen (secondary N) is 1. The second kappa shape index (κ2) is 6.21. The van der Waals surface area contributed by atoms with Crippen molar-refractivity contribution in [2.45, 2.75) is 6.18 Å². The number of hydrazone groups is 1. The van der Waals surface area contributed by atoms with Crippen LogP contribution in [-0.4, -0.2) is 11.2 Å². The van der Waals surface area contributed by atoms with Crippen LogP contribution in [0.4, 0.5) is 19.0 Å². The molecule has 1 heterocycles. The molecule has 0 radical (unpaired) electrons. The summed E-state index contributed by atoms with van der Waals surface area (Å²) in [6.07, 6.45) is -2.05. The lowest BCUT2D eigenvalue weighted by Crippen LogP contribution is -2.05. The minimum Gasteiger partial charge on any atom is -0.261 e. The highest BCUT2D eigenvalue weighted by atomic mass is 127. The third kappa shape index (κ3) is 4.19. The lowest BCUT2D eigenvalue weighted by molar-refractivity contribution is -0.137. The topological polar surface area (TPSA) is 37.3 Å². The number of hydrogen-bond acceptors (Lipinski definition) is 3. The summed E-state index contributed by atoms with van der Waals surface area (Å²) in [5.41, 5.74) is 2.67. The van der Waals surface area contributed by atoms with Gasteiger partial charge in [0.1, 0.15) is 5.82 Å². The molecule has 0 spiro atoms. The van der Waals surface area contributed by atoms with Crippen molar-refractivity contribution in [2.75, 3.05) is 5.43 Å². The van der Waals surface area contributed by atoms with E-state index >= 15 is 0 Å². The van der Waals surface area contributed by atoms with Crippen molar-refractivity contribution < 1.29 is 13.2 Å². The molecule has 1 aromatic carbocycles. The molecule has 0 aliphatic heterocycles. The molecule has 0 unspecified atom stereocenters. The zero-order valence-electron chi connectivity index (χ0n) is 10.0. The van der Waals surface area contributed by atoms with Crippen molar-refractivity contribution in [3.05, 3.63) is 57.3 Å². The van der Waals surface area contributed by atoms with Gasteiger partial charge in [0.2, 0.25) is 0 Å². The molecule has 1 N–H and O–H groups in total. The number of nitrogens with zero attached hydrogens (tertiary/aromatic N) is 2. The van der Waals surface area contributed by atoms with Crippen LogP contribution in [-0.2, 0) is 6.18 Å². The molecule has 0 aliphatic carbocycles. The maximum atomic E-state index is 12.3. The zero-order valence-corrected chi connectivity index (χ0v) is 12.2. The lowest BCUT2D eigenvalue weighted by atomic mass is 10.2. The fourth-order valence-corrected chi connectivity index (χ4v) is 1.71. The number of halogens is 4. The second-order valence-electron chi connectivity index (χ2n) is 3.85. The normalized spacial score (nSPS) is 11.8. The molecule has 2 rings (SSSR count). The second-order valence-corrected chi connectivity index (χ2v) is 5.10. The standard InChI is InChI=1S/C13H9F3IN3/c14-13(15,16)10-3-6-12(18-8-10)20-19-7-9-1-4-11(17)5-2-9/h1-8H,(H,18,20)/b19-7-. The van der Waals surface area contributed by atoms with Crippen molar-refractivity contribution in [1.82, 2.24) is 4.98 Å². The van der Waals surface area contributed by atoms with E-state index in [9.17, 15) is 13.2 Å². The molecule has 104 valence electrons. The fourth-order valence-electron chi connectivity index (χ4n) is 1.35. The van der Waals surface area contributed by atoms with Gasteiger partial charge in [0, 0.05) is 9.77 Å². The van der Waals surface area contributed by atoms with Crippen LogP contribution < -0.4 is 5.43 Å². The van der Waals surface area contributed by atoms with Crippen molar-refractivity contribution in [3.63, 3.8) is 0 Å². The molecule has 0 amide bonds. The molecule has 0 fully saturated rings. The van der Waals surface area contributed by atoms with E-state index < -0.39 is 11.7 Å². The maximum Gasteiger partial charge on any atom is 0.417 e. The SMILES string of the molecule is FC(F)(F)c1ccc(N/N=C\c2ccc(I)cc2)nc1. The highest BCUT2D eigenvalue weighted by molar-refractivity contribution is 14.1. The summed E-state index contributed by atoms with van der Waals surface area (Å²) in [5, 5.41) is 3.91. The fraction of sp³-hybridized carbons (Fsp3) is 0.0769. The quantitative estimate of drug-likeness (QED) is 0.485. The van der Waals surface area contributed by atoms with E-state index in [1.807, 2.05) is 24.3 Å². The van der Waals surface area contributed by atoms with Crippen molar-refractivity contribution in [1.29, 1.82) is 0 Å². The van der Waals surface area contributed by atoms with E-state index in [0.717, 1.165) is 21.4 Å². The Balaban J connectivity index is 1.99. The first-order chi connectivity index (χ1) is 9.45. The lowest BCUT2D eigenvalue weighted by Gasteiger charge is -2.06. The Hall–Kier alpha value is -1.64. The minimum atomic E-state index is -4.38. The van der Waals surface area contributed by atoms with E-state index in [2.05, 4.69) is 38.1 Å². The predicted octanol–water partition coefficient (Wildman–Crippen LogP) is 4.15. The van der Waals surface area contributed by atoms with Gasteiger partial charge in [-0.05, 0) is 52.4 Å². The van der Waals surface area contributed by atoms with Crippen molar-refractivity contribution in [3.8, 4) is 0 Å². The summed E-state index contributed by atoms with van der Waals surface area (Å²) in [5.74, 6) is 0.250.